The highest BCUT2D eigenvalue weighted by Crippen LogP contribution is 2.00. The Kier molecular flexibility index (Phi) is 2.80. The van der Waals surface area contributed by atoms with E-state index in [-0.39, 0.29) is 6.17 Å². The summed E-state index contributed by atoms with van der Waals surface area (Å²) in [6.45, 7) is 5.80. The summed E-state index contributed by atoms with van der Waals surface area (Å²) in [6, 6.07) is 0. The highest BCUT2D eigenvalue weighted by atomic mass is 15.2. The van der Waals surface area contributed by atoms with Gasteiger partial charge in [-0.3, -0.25) is 0 Å². The third-order valence-corrected chi connectivity index (χ3v) is 1.70. The van der Waals surface area contributed by atoms with Crippen LogP contribution in [0.2, 0.25) is 0 Å². The zero-order valence-corrected chi connectivity index (χ0v) is 7.44. The first-order chi connectivity index (χ1) is 5.70. The second-order valence-corrected chi connectivity index (χ2v) is 2.73. The number of rotatable bonds is 0. The van der Waals surface area contributed by atoms with Crippen LogP contribution in [-0.2, 0) is 0 Å². The van der Waals surface area contributed by atoms with E-state index < -0.39 is 0 Å². The van der Waals surface area contributed by atoms with Crippen molar-refractivity contribution in [2.45, 2.75) is 13.1 Å². The minimum absolute atomic E-state index is 0.129. The lowest BCUT2D eigenvalue weighted by atomic mass is 10.3. The molecule has 0 spiro atoms. The first-order valence-electron chi connectivity index (χ1n) is 3.84. The van der Waals surface area contributed by atoms with E-state index in [9.17, 15) is 0 Å². The van der Waals surface area contributed by atoms with Crippen molar-refractivity contribution in [3.05, 3.63) is 24.4 Å². The third-order valence-electron chi connectivity index (χ3n) is 1.70. The van der Waals surface area contributed by atoms with Crippen molar-refractivity contribution in [3.63, 3.8) is 0 Å². The van der Waals surface area contributed by atoms with Gasteiger partial charge in [-0.05, 0) is 18.6 Å². The lowest BCUT2D eigenvalue weighted by Crippen LogP contribution is -2.21. The Morgan fingerprint density at radius 1 is 1.58 bits per heavy atom. The van der Waals surface area contributed by atoms with Gasteiger partial charge in [-0.2, -0.15) is 0 Å². The fraction of sp³-hybridized carbons (Fsp3) is 0.333. The van der Waals surface area contributed by atoms with Crippen LogP contribution in [0.15, 0.2) is 34.4 Å². The van der Waals surface area contributed by atoms with Crippen molar-refractivity contribution in [3.8, 4) is 0 Å². The van der Waals surface area contributed by atoms with Crippen molar-refractivity contribution in [2.75, 3.05) is 7.05 Å². The molecule has 3 nitrogen and oxygen atoms in total. The van der Waals surface area contributed by atoms with E-state index in [4.69, 9.17) is 0 Å². The Bertz CT molecular complexity index is 250. The van der Waals surface area contributed by atoms with E-state index in [0.29, 0.717) is 0 Å². The Balaban J connectivity index is 2.82. The van der Waals surface area contributed by atoms with E-state index >= 15 is 0 Å². The zero-order valence-electron chi connectivity index (χ0n) is 7.44. The minimum atomic E-state index is 0.129. The second kappa shape index (κ2) is 3.85. The lowest BCUT2D eigenvalue weighted by molar-refractivity contribution is 0.364. The van der Waals surface area contributed by atoms with Crippen LogP contribution in [0.3, 0.4) is 0 Å². The van der Waals surface area contributed by atoms with E-state index in [1.807, 2.05) is 31.1 Å². The van der Waals surface area contributed by atoms with Crippen molar-refractivity contribution in [2.24, 2.45) is 9.98 Å². The first kappa shape index (κ1) is 8.71. The van der Waals surface area contributed by atoms with Crippen LogP contribution in [0.5, 0.6) is 0 Å². The van der Waals surface area contributed by atoms with Gasteiger partial charge in [0.2, 0.25) is 0 Å². The quantitative estimate of drug-likeness (QED) is 0.531. The molecular formula is C9H13N3. The van der Waals surface area contributed by atoms with Crippen LogP contribution < -0.4 is 0 Å². The standard InChI is InChI=1S/C9H13N3/c1-8-4-5-12(3)9(2)11-7-10-6-8/h4-7,9H,1H2,2-3H3/b5-4-,10-6-,11-7-. The van der Waals surface area contributed by atoms with E-state index in [0.717, 1.165) is 5.57 Å². The molecule has 0 bridgehead atoms. The maximum absolute atomic E-state index is 4.17. The van der Waals surface area contributed by atoms with Crippen molar-refractivity contribution in [1.82, 2.24) is 4.90 Å². The molecule has 0 fully saturated rings. The van der Waals surface area contributed by atoms with Gasteiger partial charge in [0.25, 0.3) is 0 Å². The summed E-state index contributed by atoms with van der Waals surface area (Å²) in [5.41, 5.74) is 0.877. The summed E-state index contributed by atoms with van der Waals surface area (Å²) in [6.07, 6.45) is 7.23. The second-order valence-electron chi connectivity index (χ2n) is 2.73. The van der Waals surface area contributed by atoms with Gasteiger partial charge < -0.3 is 4.90 Å². The number of nitrogens with zero attached hydrogens (tertiary/aromatic N) is 3. The van der Waals surface area contributed by atoms with Crippen LogP contribution in [0.1, 0.15) is 6.92 Å². The minimum Gasteiger partial charge on any atom is -0.359 e. The first-order valence-corrected chi connectivity index (χ1v) is 3.84. The molecule has 1 aliphatic rings. The average molecular weight is 163 g/mol. The van der Waals surface area contributed by atoms with Crippen LogP contribution in [-0.4, -0.2) is 30.7 Å². The SMILES string of the molecule is C=C1/C=C\N(C)C(C)/N=C\N=C/1. The zero-order chi connectivity index (χ0) is 8.97. The monoisotopic (exact) mass is 163 g/mol. The molecule has 1 rings (SSSR count). The van der Waals surface area contributed by atoms with Crippen molar-refractivity contribution in [1.29, 1.82) is 0 Å². The van der Waals surface area contributed by atoms with Gasteiger partial charge in [-0.25, -0.2) is 9.98 Å². The van der Waals surface area contributed by atoms with Gasteiger partial charge >= 0.3 is 0 Å². The molecule has 0 aromatic rings. The molecule has 0 radical (unpaired) electrons. The molecule has 1 heterocycles. The van der Waals surface area contributed by atoms with Gasteiger partial charge in [-0.1, -0.05) is 6.58 Å². The fourth-order valence-corrected chi connectivity index (χ4v) is 0.750. The third kappa shape index (κ3) is 2.34. The Morgan fingerprint density at radius 3 is 3.08 bits per heavy atom. The van der Waals surface area contributed by atoms with E-state index in [1.54, 1.807) is 12.6 Å². The van der Waals surface area contributed by atoms with Gasteiger partial charge in [0, 0.05) is 19.5 Å². The predicted octanol–water partition coefficient (Wildman–Crippen LogP) is 1.45. The molecule has 1 unspecified atom stereocenters. The number of hydrogen-bond acceptors (Lipinski definition) is 3. The molecular weight excluding hydrogens is 150 g/mol. The van der Waals surface area contributed by atoms with Gasteiger partial charge in [0.1, 0.15) is 12.5 Å². The van der Waals surface area contributed by atoms with E-state index in [2.05, 4.69) is 16.6 Å². The normalized spacial score (nSPS) is 31.7. The van der Waals surface area contributed by atoms with E-state index in [1.165, 1.54) is 0 Å². The lowest BCUT2D eigenvalue weighted by Gasteiger charge is -2.17. The molecule has 1 atom stereocenters. The Morgan fingerprint density at radius 2 is 2.33 bits per heavy atom. The maximum atomic E-state index is 4.17. The van der Waals surface area contributed by atoms with Crippen molar-refractivity contribution < 1.29 is 0 Å². The topological polar surface area (TPSA) is 28.0 Å². The van der Waals surface area contributed by atoms with Gasteiger partial charge in [0.15, 0.2) is 0 Å². The molecule has 64 valence electrons. The largest absolute Gasteiger partial charge is 0.359 e. The molecule has 0 N–H and O–H groups in total. The molecule has 0 aromatic carbocycles. The molecule has 3 heteroatoms. The van der Waals surface area contributed by atoms with Crippen LogP contribution >= 0.6 is 0 Å². The van der Waals surface area contributed by atoms with Crippen LogP contribution in [0.4, 0.5) is 0 Å². The molecule has 0 aromatic heterocycles. The Labute approximate surface area is 72.8 Å². The number of allylic oxidation sites excluding steroid dienone is 2. The summed E-state index contributed by atoms with van der Waals surface area (Å²) in [7, 11) is 1.97. The molecule has 0 aliphatic carbocycles. The fourth-order valence-electron chi connectivity index (χ4n) is 0.750. The number of aliphatic imine (C=N–C) groups is 2. The van der Waals surface area contributed by atoms with Gasteiger partial charge in [-0.15, -0.1) is 0 Å². The highest BCUT2D eigenvalue weighted by molar-refractivity contribution is 5.87. The highest BCUT2D eigenvalue weighted by Gasteiger charge is 2.00. The molecule has 0 saturated heterocycles. The van der Waals surface area contributed by atoms with Crippen molar-refractivity contribution >= 4 is 12.6 Å². The maximum Gasteiger partial charge on any atom is 0.119 e. The summed E-state index contributed by atoms with van der Waals surface area (Å²) in [5, 5.41) is 0. The molecule has 1 aliphatic heterocycles. The molecule has 12 heavy (non-hydrogen) atoms. The molecule has 0 amide bonds. The average Bonchev–Trinajstić information content (AvgIpc) is 2.11. The van der Waals surface area contributed by atoms with Crippen LogP contribution in [0, 0.1) is 0 Å². The van der Waals surface area contributed by atoms with Crippen LogP contribution in [0.25, 0.3) is 0 Å². The summed E-state index contributed by atoms with van der Waals surface area (Å²) >= 11 is 0. The molecule has 0 saturated carbocycles. The summed E-state index contributed by atoms with van der Waals surface area (Å²) in [4.78, 5) is 10.1. The predicted molar refractivity (Wildman–Crippen MR) is 52.5 cm³/mol. The Hall–Kier alpha value is -1.38. The number of hydrogen-bond donors (Lipinski definition) is 0. The summed E-state index contributed by atoms with van der Waals surface area (Å²) < 4.78 is 0. The smallest absolute Gasteiger partial charge is 0.119 e. The van der Waals surface area contributed by atoms with Gasteiger partial charge in [0.05, 0.1) is 0 Å². The summed E-state index contributed by atoms with van der Waals surface area (Å²) in [5.74, 6) is 0.